The maximum atomic E-state index is 4.34. The average Bonchev–Trinajstić information content (AvgIpc) is 3.18. The predicted octanol–water partition coefficient (Wildman–Crippen LogP) is 2.49. The van der Waals surface area contributed by atoms with Gasteiger partial charge in [-0.05, 0) is 50.4 Å². The zero-order chi connectivity index (χ0) is 14.5. The highest BCUT2D eigenvalue weighted by atomic mass is 15.3. The number of nitrogens with one attached hydrogen (secondary N) is 2. The summed E-state index contributed by atoms with van der Waals surface area (Å²) >= 11 is 0. The van der Waals surface area contributed by atoms with Crippen molar-refractivity contribution < 1.29 is 0 Å². The number of rotatable bonds is 6. The SMILES string of the molecule is CC(CC1CCCN1)NCc1ccccc1-n1cccn1. The van der Waals surface area contributed by atoms with E-state index >= 15 is 0 Å². The molecule has 1 aromatic carbocycles. The van der Waals surface area contributed by atoms with Gasteiger partial charge in [0, 0.05) is 31.0 Å². The van der Waals surface area contributed by atoms with Crippen LogP contribution in [0, 0.1) is 0 Å². The Balaban J connectivity index is 1.60. The third-order valence-corrected chi connectivity index (χ3v) is 4.18. The van der Waals surface area contributed by atoms with E-state index in [4.69, 9.17) is 0 Å². The van der Waals surface area contributed by atoms with Gasteiger partial charge in [0.05, 0.1) is 5.69 Å². The number of nitrogens with zero attached hydrogens (tertiary/aromatic N) is 2. The van der Waals surface area contributed by atoms with Crippen molar-refractivity contribution in [3.63, 3.8) is 0 Å². The van der Waals surface area contributed by atoms with Crippen LogP contribution in [0.25, 0.3) is 5.69 Å². The van der Waals surface area contributed by atoms with E-state index in [1.165, 1.54) is 31.4 Å². The van der Waals surface area contributed by atoms with Crippen LogP contribution in [0.2, 0.25) is 0 Å². The maximum absolute atomic E-state index is 4.34. The molecule has 0 radical (unpaired) electrons. The summed E-state index contributed by atoms with van der Waals surface area (Å²) < 4.78 is 1.93. The Morgan fingerprint density at radius 3 is 3.05 bits per heavy atom. The number of hydrogen-bond donors (Lipinski definition) is 2. The minimum Gasteiger partial charge on any atom is -0.314 e. The molecule has 112 valence electrons. The fourth-order valence-electron chi connectivity index (χ4n) is 3.05. The maximum Gasteiger partial charge on any atom is 0.0690 e. The van der Waals surface area contributed by atoms with Gasteiger partial charge in [-0.25, -0.2) is 4.68 Å². The van der Waals surface area contributed by atoms with Crippen molar-refractivity contribution in [3.05, 3.63) is 48.3 Å². The molecular formula is C17H24N4. The molecule has 0 aliphatic carbocycles. The smallest absolute Gasteiger partial charge is 0.0690 e. The molecule has 4 heteroatoms. The molecule has 0 bridgehead atoms. The molecule has 0 amide bonds. The van der Waals surface area contributed by atoms with Crippen molar-refractivity contribution in [2.24, 2.45) is 0 Å². The van der Waals surface area contributed by atoms with E-state index in [0.29, 0.717) is 12.1 Å². The first kappa shape index (κ1) is 14.3. The second-order valence-corrected chi connectivity index (χ2v) is 5.89. The van der Waals surface area contributed by atoms with Gasteiger partial charge in [-0.1, -0.05) is 18.2 Å². The Hall–Kier alpha value is -1.65. The number of para-hydroxylation sites is 1. The van der Waals surface area contributed by atoms with Gasteiger partial charge in [-0.15, -0.1) is 0 Å². The summed E-state index contributed by atoms with van der Waals surface area (Å²) in [6, 6.07) is 11.6. The first-order valence-corrected chi connectivity index (χ1v) is 7.87. The lowest BCUT2D eigenvalue weighted by molar-refractivity contribution is 0.439. The number of hydrogen-bond acceptors (Lipinski definition) is 3. The van der Waals surface area contributed by atoms with E-state index < -0.39 is 0 Å². The molecule has 1 aliphatic heterocycles. The fourth-order valence-corrected chi connectivity index (χ4v) is 3.05. The first-order chi connectivity index (χ1) is 10.3. The molecule has 4 nitrogen and oxygen atoms in total. The summed E-state index contributed by atoms with van der Waals surface area (Å²) in [5.41, 5.74) is 2.44. The van der Waals surface area contributed by atoms with E-state index in [-0.39, 0.29) is 0 Å². The number of aromatic nitrogens is 2. The van der Waals surface area contributed by atoms with Crippen LogP contribution in [-0.2, 0) is 6.54 Å². The van der Waals surface area contributed by atoms with E-state index in [1.54, 1.807) is 0 Å². The molecular weight excluding hydrogens is 260 g/mol. The van der Waals surface area contributed by atoms with Crippen molar-refractivity contribution >= 4 is 0 Å². The van der Waals surface area contributed by atoms with Crippen LogP contribution in [0.5, 0.6) is 0 Å². The Kier molecular flexibility index (Phi) is 4.68. The lowest BCUT2D eigenvalue weighted by Gasteiger charge is -2.19. The van der Waals surface area contributed by atoms with Crippen LogP contribution < -0.4 is 10.6 Å². The molecule has 2 aromatic rings. The van der Waals surface area contributed by atoms with Gasteiger partial charge in [-0.3, -0.25) is 0 Å². The van der Waals surface area contributed by atoms with Crippen LogP contribution in [0.4, 0.5) is 0 Å². The molecule has 1 fully saturated rings. The molecule has 1 saturated heterocycles. The Bertz CT molecular complexity index is 544. The van der Waals surface area contributed by atoms with Gasteiger partial charge in [0.2, 0.25) is 0 Å². The van der Waals surface area contributed by atoms with Gasteiger partial charge in [0.15, 0.2) is 0 Å². The number of benzene rings is 1. The van der Waals surface area contributed by atoms with Crippen LogP contribution in [0.1, 0.15) is 31.7 Å². The molecule has 21 heavy (non-hydrogen) atoms. The van der Waals surface area contributed by atoms with Crippen LogP contribution >= 0.6 is 0 Å². The van der Waals surface area contributed by atoms with E-state index in [1.807, 2.05) is 23.1 Å². The fraction of sp³-hybridized carbons (Fsp3) is 0.471. The van der Waals surface area contributed by atoms with Crippen LogP contribution in [0.3, 0.4) is 0 Å². The summed E-state index contributed by atoms with van der Waals surface area (Å²) in [5, 5.41) is 11.5. The topological polar surface area (TPSA) is 41.9 Å². The summed E-state index contributed by atoms with van der Waals surface area (Å²) in [6.07, 6.45) is 7.64. The highest BCUT2D eigenvalue weighted by Crippen LogP contribution is 2.15. The van der Waals surface area contributed by atoms with Crippen molar-refractivity contribution in [1.29, 1.82) is 0 Å². The van der Waals surface area contributed by atoms with E-state index in [0.717, 1.165) is 12.2 Å². The molecule has 0 spiro atoms. The van der Waals surface area contributed by atoms with Crippen molar-refractivity contribution in [2.45, 2.75) is 44.8 Å². The molecule has 2 heterocycles. The second kappa shape index (κ2) is 6.87. The van der Waals surface area contributed by atoms with Crippen LogP contribution in [-0.4, -0.2) is 28.4 Å². The Morgan fingerprint density at radius 2 is 2.29 bits per heavy atom. The van der Waals surface area contributed by atoms with Crippen molar-refractivity contribution in [2.75, 3.05) is 6.54 Å². The van der Waals surface area contributed by atoms with E-state index in [2.05, 4.69) is 46.9 Å². The Morgan fingerprint density at radius 1 is 1.38 bits per heavy atom. The molecule has 1 aliphatic rings. The van der Waals surface area contributed by atoms with Crippen LogP contribution in [0.15, 0.2) is 42.7 Å². The molecule has 2 atom stereocenters. The lowest BCUT2D eigenvalue weighted by Crippen LogP contribution is -2.33. The lowest BCUT2D eigenvalue weighted by atomic mass is 10.1. The largest absolute Gasteiger partial charge is 0.314 e. The third kappa shape index (κ3) is 3.71. The summed E-state index contributed by atoms with van der Waals surface area (Å²) in [5.74, 6) is 0. The minimum absolute atomic E-state index is 0.520. The van der Waals surface area contributed by atoms with Crippen molar-refractivity contribution in [3.8, 4) is 5.69 Å². The zero-order valence-corrected chi connectivity index (χ0v) is 12.6. The normalized spacial score (nSPS) is 19.8. The zero-order valence-electron chi connectivity index (χ0n) is 12.6. The quantitative estimate of drug-likeness (QED) is 0.856. The molecule has 1 aromatic heterocycles. The van der Waals surface area contributed by atoms with Gasteiger partial charge < -0.3 is 10.6 Å². The third-order valence-electron chi connectivity index (χ3n) is 4.18. The summed E-state index contributed by atoms with van der Waals surface area (Å²) in [4.78, 5) is 0. The molecule has 0 saturated carbocycles. The Labute approximate surface area is 126 Å². The van der Waals surface area contributed by atoms with Gasteiger partial charge in [-0.2, -0.15) is 5.10 Å². The predicted molar refractivity (Wildman–Crippen MR) is 85.5 cm³/mol. The standard InChI is InChI=1S/C17H24N4/c1-14(12-16-7-4-9-18-16)19-13-15-6-2-3-8-17(15)21-11-5-10-20-21/h2-3,5-6,8,10-11,14,16,18-19H,4,7,9,12-13H2,1H3. The average molecular weight is 284 g/mol. The highest BCUT2D eigenvalue weighted by Gasteiger charge is 2.16. The minimum atomic E-state index is 0.520. The molecule has 2 unspecified atom stereocenters. The summed E-state index contributed by atoms with van der Waals surface area (Å²) in [7, 11) is 0. The first-order valence-electron chi connectivity index (χ1n) is 7.87. The highest BCUT2D eigenvalue weighted by molar-refractivity contribution is 5.40. The second-order valence-electron chi connectivity index (χ2n) is 5.89. The van der Waals surface area contributed by atoms with Gasteiger partial charge >= 0.3 is 0 Å². The monoisotopic (exact) mass is 284 g/mol. The van der Waals surface area contributed by atoms with Crippen molar-refractivity contribution in [1.82, 2.24) is 20.4 Å². The molecule has 2 N–H and O–H groups in total. The van der Waals surface area contributed by atoms with Gasteiger partial charge in [0.25, 0.3) is 0 Å². The van der Waals surface area contributed by atoms with E-state index in [9.17, 15) is 0 Å². The molecule has 3 rings (SSSR count). The van der Waals surface area contributed by atoms with Gasteiger partial charge in [0.1, 0.15) is 0 Å². The summed E-state index contributed by atoms with van der Waals surface area (Å²) in [6.45, 7) is 4.33.